The SMILES string of the molecule is CCCCN=C(NC(=O)c1cccc(OC)c1)OCCOC. The topological polar surface area (TPSA) is 69.2 Å². The molecule has 1 aromatic carbocycles. The minimum atomic E-state index is -0.286. The molecule has 0 aromatic heterocycles. The third kappa shape index (κ3) is 6.58. The fourth-order valence-corrected chi connectivity index (χ4v) is 1.62. The Kier molecular flexibility index (Phi) is 8.67. The normalized spacial score (nSPS) is 11.1. The van der Waals surface area contributed by atoms with Crippen LogP contribution in [0.4, 0.5) is 0 Å². The highest BCUT2D eigenvalue weighted by Crippen LogP contribution is 2.12. The van der Waals surface area contributed by atoms with E-state index in [1.165, 1.54) is 0 Å². The van der Waals surface area contributed by atoms with E-state index in [2.05, 4.69) is 17.2 Å². The Morgan fingerprint density at radius 2 is 2.09 bits per heavy atom. The molecule has 0 heterocycles. The molecule has 1 rings (SSSR count). The van der Waals surface area contributed by atoms with Crippen LogP contribution in [-0.2, 0) is 9.47 Å². The van der Waals surface area contributed by atoms with Gasteiger partial charge in [0.25, 0.3) is 11.9 Å². The number of aliphatic imine (C=N–C) groups is 1. The first-order valence-corrected chi connectivity index (χ1v) is 7.32. The molecule has 6 nitrogen and oxygen atoms in total. The second kappa shape index (κ2) is 10.6. The van der Waals surface area contributed by atoms with Crippen LogP contribution >= 0.6 is 0 Å². The molecule has 1 N–H and O–H groups in total. The van der Waals surface area contributed by atoms with Crippen molar-refractivity contribution in [3.05, 3.63) is 29.8 Å². The van der Waals surface area contributed by atoms with Gasteiger partial charge in [0.15, 0.2) is 0 Å². The van der Waals surface area contributed by atoms with Gasteiger partial charge >= 0.3 is 0 Å². The van der Waals surface area contributed by atoms with Crippen molar-refractivity contribution in [1.29, 1.82) is 0 Å². The number of hydrogen-bond acceptors (Lipinski definition) is 5. The molecular formula is C16H24N2O4. The number of hydrogen-bond donors (Lipinski definition) is 1. The van der Waals surface area contributed by atoms with Crippen LogP contribution in [0.5, 0.6) is 5.75 Å². The van der Waals surface area contributed by atoms with Crippen LogP contribution in [0, 0.1) is 0 Å². The van der Waals surface area contributed by atoms with Gasteiger partial charge in [-0.15, -0.1) is 0 Å². The first-order chi connectivity index (χ1) is 10.7. The Morgan fingerprint density at radius 3 is 2.77 bits per heavy atom. The Bertz CT molecular complexity index is 489. The van der Waals surface area contributed by atoms with Crippen molar-refractivity contribution in [3.8, 4) is 5.75 Å². The number of amidine groups is 1. The van der Waals surface area contributed by atoms with Crippen LogP contribution in [0.2, 0.25) is 0 Å². The highest BCUT2D eigenvalue weighted by molar-refractivity contribution is 6.04. The molecule has 0 aliphatic rings. The largest absolute Gasteiger partial charge is 0.497 e. The van der Waals surface area contributed by atoms with Gasteiger partial charge in [-0.2, -0.15) is 0 Å². The summed E-state index contributed by atoms with van der Waals surface area (Å²) in [5.74, 6) is 0.337. The van der Waals surface area contributed by atoms with Crippen LogP contribution in [-0.4, -0.2) is 45.9 Å². The lowest BCUT2D eigenvalue weighted by Gasteiger charge is -2.11. The van der Waals surface area contributed by atoms with Gasteiger partial charge in [-0.25, -0.2) is 4.99 Å². The number of unbranched alkanes of at least 4 members (excludes halogenated alkanes) is 1. The average Bonchev–Trinajstić information content (AvgIpc) is 2.55. The van der Waals surface area contributed by atoms with Crippen molar-refractivity contribution in [2.75, 3.05) is 34.0 Å². The molecule has 1 aromatic rings. The molecule has 0 atom stereocenters. The van der Waals surface area contributed by atoms with E-state index in [0.29, 0.717) is 31.1 Å². The molecule has 0 spiro atoms. The van der Waals surface area contributed by atoms with Crippen molar-refractivity contribution in [1.82, 2.24) is 5.32 Å². The minimum absolute atomic E-state index is 0.221. The van der Waals surface area contributed by atoms with E-state index < -0.39 is 0 Å². The molecule has 0 unspecified atom stereocenters. The van der Waals surface area contributed by atoms with Crippen molar-refractivity contribution < 1.29 is 19.0 Å². The summed E-state index contributed by atoms with van der Waals surface area (Å²) in [5, 5.41) is 2.68. The lowest BCUT2D eigenvalue weighted by molar-refractivity contribution is 0.0953. The van der Waals surface area contributed by atoms with Gasteiger partial charge in [-0.1, -0.05) is 19.4 Å². The van der Waals surface area contributed by atoms with Crippen LogP contribution in [0.3, 0.4) is 0 Å². The second-order valence-corrected chi connectivity index (χ2v) is 4.57. The van der Waals surface area contributed by atoms with Crippen molar-refractivity contribution >= 4 is 11.9 Å². The van der Waals surface area contributed by atoms with Crippen LogP contribution in [0.15, 0.2) is 29.3 Å². The van der Waals surface area contributed by atoms with E-state index >= 15 is 0 Å². The van der Waals surface area contributed by atoms with Gasteiger partial charge in [0.1, 0.15) is 12.4 Å². The second-order valence-electron chi connectivity index (χ2n) is 4.57. The monoisotopic (exact) mass is 308 g/mol. The summed E-state index contributed by atoms with van der Waals surface area (Å²) < 4.78 is 15.5. The van der Waals surface area contributed by atoms with E-state index in [-0.39, 0.29) is 11.9 Å². The molecule has 22 heavy (non-hydrogen) atoms. The fourth-order valence-electron chi connectivity index (χ4n) is 1.62. The molecule has 0 aliphatic heterocycles. The van der Waals surface area contributed by atoms with Crippen LogP contribution < -0.4 is 10.1 Å². The minimum Gasteiger partial charge on any atom is -0.497 e. The van der Waals surface area contributed by atoms with Crippen LogP contribution in [0.1, 0.15) is 30.1 Å². The molecule has 0 radical (unpaired) electrons. The first kappa shape index (κ1) is 18.0. The molecule has 0 fully saturated rings. The quantitative estimate of drug-likeness (QED) is 0.454. The lowest BCUT2D eigenvalue weighted by Crippen LogP contribution is -2.33. The van der Waals surface area contributed by atoms with Crippen molar-refractivity contribution in [3.63, 3.8) is 0 Å². The van der Waals surface area contributed by atoms with Gasteiger partial charge in [-0.3, -0.25) is 10.1 Å². The van der Waals surface area contributed by atoms with Gasteiger partial charge in [-0.05, 0) is 24.6 Å². The Morgan fingerprint density at radius 1 is 1.27 bits per heavy atom. The van der Waals surface area contributed by atoms with E-state index in [4.69, 9.17) is 14.2 Å². The van der Waals surface area contributed by atoms with Crippen molar-refractivity contribution in [2.24, 2.45) is 4.99 Å². The van der Waals surface area contributed by atoms with Gasteiger partial charge in [0.2, 0.25) is 0 Å². The predicted molar refractivity (Wildman–Crippen MR) is 85.5 cm³/mol. The Labute approximate surface area is 131 Å². The third-order valence-electron chi connectivity index (χ3n) is 2.85. The number of nitrogens with zero attached hydrogens (tertiary/aromatic N) is 1. The van der Waals surface area contributed by atoms with Gasteiger partial charge in [0.05, 0.1) is 13.7 Å². The highest BCUT2D eigenvalue weighted by atomic mass is 16.5. The van der Waals surface area contributed by atoms with Crippen LogP contribution in [0.25, 0.3) is 0 Å². The zero-order chi connectivity index (χ0) is 16.2. The summed E-state index contributed by atoms with van der Waals surface area (Å²) in [4.78, 5) is 16.5. The van der Waals surface area contributed by atoms with Gasteiger partial charge < -0.3 is 14.2 Å². The maximum Gasteiger partial charge on any atom is 0.291 e. The number of carbonyl (C=O) groups is 1. The predicted octanol–water partition coefficient (Wildman–Crippen LogP) is 2.24. The van der Waals surface area contributed by atoms with E-state index in [1.54, 1.807) is 38.5 Å². The van der Waals surface area contributed by atoms with E-state index in [1.807, 2.05) is 0 Å². The highest BCUT2D eigenvalue weighted by Gasteiger charge is 2.10. The maximum atomic E-state index is 12.2. The molecule has 0 bridgehead atoms. The number of ether oxygens (including phenoxy) is 3. The molecular weight excluding hydrogens is 284 g/mol. The molecule has 122 valence electrons. The van der Waals surface area contributed by atoms with E-state index in [9.17, 15) is 4.79 Å². The summed E-state index contributed by atoms with van der Waals surface area (Å²) in [6.07, 6.45) is 1.96. The number of methoxy groups -OCH3 is 2. The zero-order valence-corrected chi connectivity index (χ0v) is 13.4. The summed E-state index contributed by atoms with van der Waals surface area (Å²) in [7, 11) is 3.15. The fraction of sp³-hybridized carbons (Fsp3) is 0.500. The number of rotatable bonds is 8. The summed E-state index contributed by atoms with van der Waals surface area (Å²) in [5.41, 5.74) is 0.484. The number of amides is 1. The molecule has 0 aliphatic carbocycles. The maximum absolute atomic E-state index is 12.2. The Hall–Kier alpha value is -2.08. The number of benzene rings is 1. The average molecular weight is 308 g/mol. The summed E-state index contributed by atoms with van der Waals surface area (Å²) >= 11 is 0. The van der Waals surface area contributed by atoms with E-state index in [0.717, 1.165) is 12.8 Å². The first-order valence-electron chi connectivity index (χ1n) is 7.32. The zero-order valence-electron chi connectivity index (χ0n) is 13.4. The van der Waals surface area contributed by atoms with Gasteiger partial charge in [0, 0.05) is 19.2 Å². The molecule has 0 saturated heterocycles. The standard InChI is InChI=1S/C16H24N2O4/c1-4-5-9-17-16(22-11-10-20-2)18-15(19)13-7-6-8-14(12-13)21-3/h6-8,12H,4-5,9-11H2,1-3H3,(H,17,18,19). The summed E-state index contributed by atoms with van der Waals surface area (Å²) in [6, 6.07) is 7.12. The number of carbonyl (C=O) groups excluding carboxylic acids is 1. The molecule has 0 saturated carbocycles. The number of nitrogens with one attached hydrogen (secondary N) is 1. The lowest BCUT2D eigenvalue weighted by atomic mass is 10.2. The smallest absolute Gasteiger partial charge is 0.291 e. The summed E-state index contributed by atoms with van der Waals surface area (Å²) in [6.45, 7) is 3.45. The molecule has 1 amide bonds. The van der Waals surface area contributed by atoms with Crippen molar-refractivity contribution in [2.45, 2.75) is 19.8 Å². The molecule has 6 heteroatoms. The Balaban J connectivity index is 2.69. The third-order valence-corrected chi connectivity index (χ3v) is 2.85.